The zero-order valence-corrected chi connectivity index (χ0v) is 16.1. The molecule has 6 heteroatoms. The Labute approximate surface area is 141 Å². The Balaban J connectivity index is 0. The van der Waals surface area contributed by atoms with Gasteiger partial charge in [0.15, 0.2) is 5.96 Å². The average Bonchev–Trinajstić information content (AvgIpc) is 2.39. The first-order chi connectivity index (χ1) is 8.88. The first-order valence-electron chi connectivity index (χ1n) is 7.10. The molecule has 0 aliphatic rings. The number of carbonyl (C=O) groups excluding carboxylic acids is 1. The van der Waals surface area contributed by atoms with Gasteiger partial charge in [-0.05, 0) is 27.2 Å². The highest BCUT2D eigenvalue weighted by molar-refractivity contribution is 14.0. The number of hydrogen-bond acceptors (Lipinski definition) is 2. The van der Waals surface area contributed by atoms with Crippen molar-refractivity contribution in [3.8, 4) is 0 Å². The lowest BCUT2D eigenvalue weighted by molar-refractivity contribution is -0.128. The lowest BCUT2D eigenvalue weighted by Gasteiger charge is -2.25. The van der Waals surface area contributed by atoms with Gasteiger partial charge >= 0.3 is 0 Å². The molecule has 1 amide bonds. The van der Waals surface area contributed by atoms with Crippen LogP contribution in [0.4, 0.5) is 0 Å². The van der Waals surface area contributed by atoms with Crippen LogP contribution in [0.3, 0.4) is 0 Å². The van der Waals surface area contributed by atoms with E-state index in [0.29, 0.717) is 6.54 Å². The number of carbonyl (C=O) groups is 1. The van der Waals surface area contributed by atoms with Crippen molar-refractivity contribution < 1.29 is 4.79 Å². The molecule has 0 aromatic carbocycles. The summed E-state index contributed by atoms with van der Waals surface area (Å²) < 4.78 is 0. The van der Waals surface area contributed by atoms with E-state index in [1.165, 1.54) is 0 Å². The van der Waals surface area contributed by atoms with Crippen molar-refractivity contribution >= 4 is 35.8 Å². The number of nitrogens with one attached hydrogen (secondary N) is 2. The largest absolute Gasteiger partial charge is 0.359 e. The number of amides is 1. The second-order valence-electron chi connectivity index (χ2n) is 5.41. The molecule has 0 atom stereocenters. The summed E-state index contributed by atoms with van der Waals surface area (Å²) in [7, 11) is 3.69. The predicted octanol–water partition coefficient (Wildman–Crippen LogP) is 2.07. The Bertz CT molecular complexity index is 306. The average molecular weight is 398 g/mol. The number of guanidine groups is 1. The van der Waals surface area contributed by atoms with Crippen LogP contribution < -0.4 is 10.6 Å². The first kappa shape index (κ1) is 21.8. The summed E-state index contributed by atoms with van der Waals surface area (Å²) >= 11 is 0. The van der Waals surface area contributed by atoms with E-state index in [9.17, 15) is 4.79 Å². The van der Waals surface area contributed by atoms with Crippen molar-refractivity contribution in [2.45, 2.75) is 40.5 Å². The van der Waals surface area contributed by atoms with Gasteiger partial charge in [0.1, 0.15) is 0 Å². The van der Waals surface area contributed by atoms with Gasteiger partial charge in [0.25, 0.3) is 0 Å². The van der Waals surface area contributed by atoms with Crippen molar-refractivity contribution in [1.82, 2.24) is 15.5 Å². The van der Waals surface area contributed by atoms with Crippen molar-refractivity contribution in [3.05, 3.63) is 0 Å². The van der Waals surface area contributed by atoms with Crippen LogP contribution in [0.2, 0.25) is 0 Å². The molecular formula is C14H31IN4O. The summed E-state index contributed by atoms with van der Waals surface area (Å²) in [6.07, 6.45) is 2.30. The van der Waals surface area contributed by atoms with E-state index in [-0.39, 0.29) is 29.9 Å². The summed E-state index contributed by atoms with van der Waals surface area (Å²) in [4.78, 5) is 18.4. The second kappa shape index (κ2) is 11.2. The Morgan fingerprint density at radius 1 is 1.30 bits per heavy atom. The maximum absolute atomic E-state index is 11.7. The molecule has 0 aromatic rings. The van der Waals surface area contributed by atoms with Gasteiger partial charge in [-0.15, -0.1) is 24.0 Å². The SMILES string of the molecule is CCCCN(C)C(=NCC(C)(C)C(=O)NC)NCC.I. The summed E-state index contributed by atoms with van der Waals surface area (Å²) in [5.41, 5.74) is -0.485. The maximum Gasteiger partial charge on any atom is 0.227 e. The third kappa shape index (κ3) is 7.91. The minimum Gasteiger partial charge on any atom is -0.359 e. The van der Waals surface area contributed by atoms with E-state index in [0.717, 1.165) is 31.9 Å². The Kier molecular flexibility index (Phi) is 12.1. The number of halogens is 1. The van der Waals surface area contributed by atoms with Gasteiger partial charge in [-0.2, -0.15) is 0 Å². The van der Waals surface area contributed by atoms with Gasteiger partial charge in [0.2, 0.25) is 5.91 Å². The minimum absolute atomic E-state index is 0. The minimum atomic E-state index is -0.485. The number of nitrogens with zero attached hydrogens (tertiary/aromatic N) is 2. The Morgan fingerprint density at radius 3 is 2.35 bits per heavy atom. The molecule has 0 heterocycles. The molecule has 5 nitrogen and oxygen atoms in total. The molecule has 20 heavy (non-hydrogen) atoms. The number of aliphatic imine (C=N–C) groups is 1. The van der Waals surface area contributed by atoms with Crippen LogP contribution in [0.1, 0.15) is 40.5 Å². The van der Waals surface area contributed by atoms with Gasteiger partial charge < -0.3 is 15.5 Å². The molecule has 0 unspecified atom stereocenters. The van der Waals surface area contributed by atoms with Crippen LogP contribution in [0.25, 0.3) is 0 Å². The van der Waals surface area contributed by atoms with Crippen LogP contribution in [0.5, 0.6) is 0 Å². The van der Waals surface area contributed by atoms with Gasteiger partial charge in [0, 0.05) is 27.2 Å². The summed E-state index contributed by atoms with van der Waals surface area (Å²) in [6, 6.07) is 0. The zero-order valence-electron chi connectivity index (χ0n) is 13.7. The molecule has 0 rings (SSSR count). The van der Waals surface area contributed by atoms with E-state index in [1.807, 2.05) is 27.8 Å². The lowest BCUT2D eigenvalue weighted by atomic mass is 9.93. The third-order valence-electron chi connectivity index (χ3n) is 3.01. The molecule has 0 radical (unpaired) electrons. The lowest BCUT2D eigenvalue weighted by Crippen LogP contribution is -2.42. The molecule has 0 spiro atoms. The van der Waals surface area contributed by atoms with Gasteiger partial charge in [0.05, 0.1) is 12.0 Å². The molecule has 0 bridgehead atoms. The molecule has 0 aromatic heterocycles. The van der Waals surface area contributed by atoms with Crippen LogP contribution >= 0.6 is 24.0 Å². The standard InChI is InChI=1S/C14H30N4O.HI/c1-7-9-10-18(6)13(16-8-2)17-11-14(3,4)12(19)15-5;/h7-11H2,1-6H3,(H,15,19)(H,16,17);1H. The molecule has 0 saturated heterocycles. The second-order valence-corrected chi connectivity index (χ2v) is 5.41. The quantitative estimate of drug-likeness (QED) is 0.392. The fraction of sp³-hybridized carbons (Fsp3) is 0.857. The van der Waals surface area contributed by atoms with Gasteiger partial charge in [-0.1, -0.05) is 13.3 Å². The molecule has 0 aliphatic heterocycles. The molecule has 2 N–H and O–H groups in total. The van der Waals surface area contributed by atoms with Gasteiger partial charge in [-0.25, -0.2) is 0 Å². The third-order valence-corrected chi connectivity index (χ3v) is 3.01. The zero-order chi connectivity index (χ0) is 14.9. The van der Waals surface area contributed by atoms with E-state index in [4.69, 9.17) is 0 Å². The van der Waals surface area contributed by atoms with Gasteiger partial charge in [-0.3, -0.25) is 9.79 Å². The highest BCUT2D eigenvalue weighted by Gasteiger charge is 2.26. The van der Waals surface area contributed by atoms with E-state index >= 15 is 0 Å². The van der Waals surface area contributed by atoms with E-state index < -0.39 is 5.41 Å². The van der Waals surface area contributed by atoms with Crippen LogP contribution in [-0.2, 0) is 4.79 Å². The van der Waals surface area contributed by atoms with Crippen LogP contribution in [-0.4, -0.2) is 50.5 Å². The smallest absolute Gasteiger partial charge is 0.227 e. The normalized spacial score (nSPS) is 11.6. The fourth-order valence-corrected chi connectivity index (χ4v) is 1.65. The number of rotatable bonds is 7. The summed E-state index contributed by atoms with van der Waals surface area (Å²) in [5, 5.41) is 5.95. The molecule has 120 valence electrons. The first-order valence-corrected chi connectivity index (χ1v) is 7.10. The monoisotopic (exact) mass is 398 g/mol. The molecule has 0 fully saturated rings. The van der Waals surface area contributed by atoms with E-state index in [2.05, 4.69) is 27.4 Å². The van der Waals surface area contributed by atoms with Crippen molar-refractivity contribution in [2.24, 2.45) is 10.4 Å². The summed E-state index contributed by atoms with van der Waals surface area (Å²) in [5.74, 6) is 0.885. The maximum atomic E-state index is 11.7. The fourth-order valence-electron chi connectivity index (χ4n) is 1.65. The summed E-state index contributed by atoms with van der Waals surface area (Å²) in [6.45, 7) is 10.3. The van der Waals surface area contributed by atoms with Crippen LogP contribution in [0.15, 0.2) is 4.99 Å². The van der Waals surface area contributed by atoms with Crippen molar-refractivity contribution in [1.29, 1.82) is 0 Å². The predicted molar refractivity (Wildman–Crippen MR) is 96.8 cm³/mol. The number of hydrogen-bond donors (Lipinski definition) is 2. The molecular weight excluding hydrogens is 367 g/mol. The van der Waals surface area contributed by atoms with Crippen molar-refractivity contribution in [2.75, 3.05) is 33.7 Å². The Hall–Kier alpha value is -0.530. The molecule has 0 saturated carbocycles. The van der Waals surface area contributed by atoms with E-state index in [1.54, 1.807) is 7.05 Å². The molecule has 0 aliphatic carbocycles. The van der Waals surface area contributed by atoms with Crippen molar-refractivity contribution in [3.63, 3.8) is 0 Å². The highest BCUT2D eigenvalue weighted by Crippen LogP contribution is 2.15. The Morgan fingerprint density at radius 2 is 1.90 bits per heavy atom. The van der Waals surface area contributed by atoms with Crippen LogP contribution in [0, 0.1) is 5.41 Å². The topological polar surface area (TPSA) is 56.7 Å². The number of unbranched alkanes of at least 4 members (excludes halogenated alkanes) is 1. The highest BCUT2D eigenvalue weighted by atomic mass is 127.